The standard InChI is InChI=1S/C17H19Cl2N2O3S2/c1-11-5-7-12(8-6-11)26(22,23)24-21(3)16-10-14(19)13(18)9-15(16)20(2)17(21)25-4/h5-10,17H,1-4H3/q+1. The zero-order valence-corrected chi connectivity index (χ0v) is 17.9. The highest BCUT2D eigenvalue weighted by atomic mass is 35.5. The molecular formula is C17H19Cl2N2O3S2+. The normalized spacial score (nSPS) is 22.5. The molecule has 1 aliphatic heterocycles. The van der Waals surface area contributed by atoms with Gasteiger partial charge in [-0.2, -0.15) is 8.42 Å². The van der Waals surface area contributed by atoms with Crippen molar-refractivity contribution in [3.63, 3.8) is 0 Å². The van der Waals surface area contributed by atoms with Gasteiger partial charge < -0.3 is 4.90 Å². The van der Waals surface area contributed by atoms with Crippen molar-refractivity contribution < 1.29 is 12.7 Å². The quantitative estimate of drug-likeness (QED) is 0.656. The molecule has 2 unspecified atom stereocenters. The fraction of sp³-hybridized carbons (Fsp3) is 0.294. The number of benzene rings is 2. The summed E-state index contributed by atoms with van der Waals surface area (Å²) >= 11 is 13.8. The average Bonchev–Trinajstić information content (AvgIpc) is 2.75. The van der Waals surface area contributed by atoms with Crippen LogP contribution in [0.15, 0.2) is 41.3 Å². The fourth-order valence-corrected chi connectivity index (χ4v) is 5.60. The molecule has 2 atom stereocenters. The molecule has 2 aromatic carbocycles. The van der Waals surface area contributed by atoms with Gasteiger partial charge in [-0.3, -0.25) is 0 Å². The summed E-state index contributed by atoms with van der Waals surface area (Å²) in [6, 6.07) is 9.96. The van der Waals surface area contributed by atoms with Gasteiger partial charge in [0.25, 0.3) is 0 Å². The number of thioether (sulfide) groups is 1. The monoisotopic (exact) mass is 433 g/mol. The minimum absolute atomic E-state index is 0.110. The highest BCUT2D eigenvalue weighted by molar-refractivity contribution is 7.99. The minimum Gasteiger partial charge on any atom is -0.309 e. The number of fused-ring (bicyclic) bond motifs is 1. The van der Waals surface area contributed by atoms with Crippen LogP contribution in [0, 0.1) is 6.92 Å². The van der Waals surface area contributed by atoms with Gasteiger partial charge in [0.2, 0.25) is 5.50 Å². The van der Waals surface area contributed by atoms with Crippen LogP contribution in [0.5, 0.6) is 0 Å². The smallest absolute Gasteiger partial charge is 0.309 e. The zero-order valence-electron chi connectivity index (χ0n) is 14.7. The summed E-state index contributed by atoms with van der Waals surface area (Å²) in [5.41, 5.74) is 2.07. The van der Waals surface area contributed by atoms with Crippen LogP contribution in [0.2, 0.25) is 10.0 Å². The van der Waals surface area contributed by atoms with E-state index in [4.69, 9.17) is 27.5 Å². The number of aryl methyl sites for hydroxylation is 1. The molecular weight excluding hydrogens is 415 g/mol. The number of nitrogens with zero attached hydrogens (tertiary/aromatic N) is 2. The molecule has 26 heavy (non-hydrogen) atoms. The van der Waals surface area contributed by atoms with E-state index in [0.29, 0.717) is 15.7 Å². The van der Waals surface area contributed by atoms with E-state index in [2.05, 4.69) is 0 Å². The lowest BCUT2D eigenvalue weighted by atomic mass is 10.2. The van der Waals surface area contributed by atoms with Crippen LogP contribution in [-0.2, 0) is 14.4 Å². The molecule has 0 saturated carbocycles. The highest BCUT2D eigenvalue weighted by Crippen LogP contribution is 2.50. The summed E-state index contributed by atoms with van der Waals surface area (Å²) in [4.78, 5) is 2.05. The number of hydrogen-bond acceptors (Lipinski definition) is 5. The largest absolute Gasteiger partial charge is 0.343 e. The Kier molecular flexibility index (Phi) is 5.24. The van der Waals surface area contributed by atoms with E-state index in [0.717, 1.165) is 11.3 Å². The third-order valence-electron chi connectivity index (χ3n) is 4.40. The molecule has 0 bridgehead atoms. The molecule has 3 rings (SSSR count). The number of hydroxylamine groups is 2. The lowest BCUT2D eigenvalue weighted by Gasteiger charge is -2.32. The van der Waals surface area contributed by atoms with E-state index in [1.165, 1.54) is 11.8 Å². The Balaban J connectivity index is 2.10. The second-order valence-electron chi connectivity index (χ2n) is 6.26. The van der Waals surface area contributed by atoms with Gasteiger partial charge >= 0.3 is 10.1 Å². The van der Waals surface area contributed by atoms with Crippen molar-refractivity contribution in [2.24, 2.45) is 0 Å². The van der Waals surface area contributed by atoms with E-state index in [9.17, 15) is 8.42 Å². The van der Waals surface area contributed by atoms with Crippen molar-refractivity contribution in [2.45, 2.75) is 17.3 Å². The maximum atomic E-state index is 12.9. The van der Waals surface area contributed by atoms with Crippen molar-refractivity contribution in [3.05, 3.63) is 52.0 Å². The molecule has 5 nitrogen and oxygen atoms in total. The molecule has 0 aromatic heterocycles. The third kappa shape index (κ3) is 3.21. The first-order valence-corrected chi connectivity index (χ1v) is 11.2. The van der Waals surface area contributed by atoms with Gasteiger partial charge in [-0.1, -0.05) is 56.9 Å². The number of anilines is 1. The van der Waals surface area contributed by atoms with Gasteiger partial charge in [0.1, 0.15) is 12.7 Å². The number of rotatable bonds is 4. The van der Waals surface area contributed by atoms with Gasteiger partial charge in [0.05, 0.1) is 14.9 Å². The van der Waals surface area contributed by atoms with Crippen molar-refractivity contribution in [2.75, 3.05) is 25.3 Å². The zero-order chi connectivity index (χ0) is 19.3. The van der Waals surface area contributed by atoms with Crippen molar-refractivity contribution in [1.82, 2.24) is 4.65 Å². The van der Waals surface area contributed by atoms with Crippen molar-refractivity contribution in [1.29, 1.82) is 0 Å². The fourth-order valence-electron chi connectivity index (χ4n) is 3.12. The summed E-state index contributed by atoms with van der Waals surface area (Å²) in [7, 11) is -0.416. The Morgan fingerprint density at radius 1 is 1.15 bits per heavy atom. The lowest BCUT2D eigenvalue weighted by molar-refractivity contribution is -0.0163. The lowest BCUT2D eigenvalue weighted by Crippen LogP contribution is -2.54. The second kappa shape index (κ2) is 6.89. The summed E-state index contributed by atoms with van der Waals surface area (Å²) in [5, 5.41) is 0.758. The van der Waals surface area contributed by atoms with Crippen LogP contribution in [0.4, 0.5) is 11.4 Å². The molecule has 0 spiro atoms. The Labute approximate surface area is 168 Å². The summed E-state index contributed by atoms with van der Waals surface area (Å²) in [6.45, 7) is 1.90. The second-order valence-corrected chi connectivity index (χ2v) is 9.50. The summed E-state index contributed by atoms with van der Waals surface area (Å²) in [6.07, 6.45) is 1.90. The highest BCUT2D eigenvalue weighted by Gasteiger charge is 2.53. The minimum atomic E-state index is -3.99. The maximum Gasteiger partial charge on any atom is 0.343 e. The van der Waals surface area contributed by atoms with Crippen LogP contribution in [0.3, 0.4) is 0 Å². The molecule has 140 valence electrons. The Morgan fingerprint density at radius 2 is 1.73 bits per heavy atom. The molecule has 0 aliphatic carbocycles. The van der Waals surface area contributed by atoms with Crippen molar-refractivity contribution >= 4 is 56.5 Å². The van der Waals surface area contributed by atoms with E-state index in [-0.39, 0.29) is 15.0 Å². The average molecular weight is 434 g/mol. The van der Waals surface area contributed by atoms with Gasteiger partial charge in [0, 0.05) is 13.1 Å². The van der Waals surface area contributed by atoms with Crippen LogP contribution in [0.1, 0.15) is 5.56 Å². The molecule has 0 N–H and O–H groups in total. The summed E-state index contributed by atoms with van der Waals surface area (Å²) in [5.74, 6) is 0. The maximum absolute atomic E-state index is 12.9. The predicted octanol–water partition coefficient (Wildman–Crippen LogP) is 4.66. The first kappa shape index (κ1) is 19.8. The van der Waals surface area contributed by atoms with Gasteiger partial charge in [-0.25, -0.2) is 0 Å². The van der Waals surface area contributed by atoms with Crippen LogP contribution >= 0.6 is 35.0 Å². The molecule has 0 fully saturated rings. The van der Waals surface area contributed by atoms with E-state index in [1.807, 2.05) is 25.1 Å². The van der Waals surface area contributed by atoms with Gasteiger partial charge in [0.15, 0.2) is 5.69 Å². The molecule has 1 aliphatic rings. The van der Waals surface area contributed by atoms with Crippen LogP contribution < -0.4 is 9.55 Å². The Morgan fingerprint density at radius 3 is 2.31 bits per heavy atom. The summed E-state index contributed by atoms with van der Waals surface area (Å²) < 4.78 is 31.3. The first-order chi connectivity index (χ1) is 12.1. The number of hydrogen-bond donors (Lipinski definition) is 0. The van der Waals surface area contributed by atoms with E-state index >= 15 is 0 Å². The van der Waals surface area contributed by atoms with Gasteiger partial charge in [-0.15, -0.1) is 4.65 Å². The van der Waals surface area contributed by atoms with Crippen LogP contribution in [-0.4, -0.2) is 34.3 Å². The first-order valence-electron chi connectivity index (χ1n) is 7.74. The molecule has 0 radical (unpaired) electrons. The topological polar surface area (TPSA) is 46.6 Å². The molecule has 2 aromatic rings. The van der Waals surface area contributed by atoms with Crippen LogP contribution in [0.25, 0.3) is 0 Å². The number of halogens is 2. The number of quaternary nitrogens is 1. The Bertz CT molecular complexity index is 951. The van der Waals surface area contributed by atoms with E-state index < -0.39 is 10.1 Å². The Hall–Kier alpha value is -0.960. The molecule has 9 heteroatoms. The molecule has 0 saturated heterocycles. The third-order valence-corrected chi connectivity index (χ3v) is 7.62. The predicted molar refractivity (Wildman–Crippen MR) is 109 cm³/mol. The molecule has 0 amide bonds. The van der Waals surface area contributed by atoms with Crippen molar-refractivity contribution in [3.8, 4) is 0 Å². The van der Waals surface area contributed by atoms with Gasteiger partial charge in [-0.05, 0) is 31.4 Å². The molecule has 1 heterocycles. The van der Waals surface area contributed by atoms with E-state index in [1.54, 1.807) is 43.4 Å². The SMILES string of the molecule is CSC1N(C)c2cc(Cl)c(Cl)cc2[N+]1(C)OS(=O)(=O)c1ccc(C)cc1.